The zero-order valence-corrected chi connectivity index (χ0v) is 12.7. The monoisotopic (exact) mass is 295 g/mol. The van der Waals surface area contributed by atoms with Gasteiger partial charge in [-0.1, -0.05) is 38.0 Å². The summed E-state index contributed by atoms with van der Waals surface area (Å²) >= 11 is 0. The molecule has 21 heavy (non-hydrogen) atoms. The van der Waals surface area contributed by atoms with E-state index in [4.69, 9.17) is 4.74 Å². The van der Waals surface area contributed by atoms with Gasteiger partial charge in [-0.05, 0) is 24.8 Å². The Morgan fingerprint density at radius 2 is 2.14 bits per heavy atom. The number of aliphatic hydroxyl groups is 1. The molecule has 3 nitrogen and oxygen atoms in total. The summed E-state index contributed by atoms with van der Waals surface area (Å²) in [5, 5.41) is 13.3. The van der Waals surface area contributed by atoms with E-state index in [0.29, 0.717) is 18.2 Å². The van der Waals surface area contributed by atoms with E-state index in [2.05, 4.69) is 12.2 Å². The molecule has 2 atom stereocenters. The second kappa shape index (κ2) is 8.47. The first-order valence-electron chi connectivity index (χ1n) is 7.91. The van der Waals surface area contributed by atoms with Gasteiger partial charge in [0.15, 0.2) is 0 Å². The summed E-state index contributed by atoms with van der Waals surface area (Å²) < 4.78 is 18.8. The van der Waals surface area contributed by atoms with Crippen molar-refractivity contribution in [1.82, 2.24) is 5.32 Å². The van der Waals surface area contributed by atoms with Crippen LogP contribution in [-0.4, -0.2) is 30.4 Å². The Kier molecular flexibility index (Phi) is 6.61. The Morgan fingerprint density at radius 3 is 2.81 bits per heavy atom. The van der Waals surface area contributed by atoms with Crippen molar-refractivity contribution < 1.29 is 14.2 Å². The number of benzene rings is 1. The quantitative estimate of drug-likeness (QED) is 0.697. The van der Waals surface area contributed by atoms with Crippen molar-refractivity contribution >= 4 is 0 Å². The minimum absolute atomic E-state index is 0.197. The van der Waals surface area contributed by atoms with Crippen LogP contribution in [0.25, 0.3) is 0 Å². The zero-order valence-electron chi connectivity index (χ0n) is 12.7. The van der Waals surface area contributed by atoms with Crippen LogP contribution in [0.4, 0.5) is 4.39 Å². The van der Waals surface area contributed by atoms with E-state index >= 15 is 0 Å². The maximum atomic E-state index is 13.4. The molecule has 1 aromatic carbocycles. The standard InChI is InChI=1S/C17H26FNO2/c1-2-15(9-13-7-8-13)19-10-16(20)12-21-11-14-5-3-4-6-17(14)18/h3-6,13,15-16,19-20H,2,7-12H2,1H3. The first kappa shape index (κ1) is 16.4. The Morgan fingerprint density at radius 1 is 1.38 bits per heavy atom. The molecule has 118 valence electrons. The molecular formula is C17H26FNO2. The van der Waals surface area contributed by atoms with Gasteiger partial charge in [0.2, 0.25) is 0 Å². The van der Waals surface area contributed by atoms with Crippen LogP contribution in [0.3, 0.4) is 0 Å². The van der Waals surface area contributed by atoms with Gasteiger partial charge in [0.05, 0.1) is 19.3 Å². The molecule has 1 fully saturated rings. The summed E-state index contributed by atoms with van der Waals surface area (Å²) in [5.74, 6) is 0.623. The van der Waals surface area contributed by atoms with Gasteiger partial charge >= 0.3 is 0 Å². The third kappa shape index (κ3) is 6.12. The van der Waals surface area contributed by atoms with Gasteiger partial charge in [-0.2, -0.15) is 0 Å². The molecule has 0 aliphatic heterocycles. The molecule has 4 heteroatoms. The highest BCUT2D eigenvalue weighted by atomic mass is 19.1. The fourth-order valence-corrected chi connectivity index (χ4v) is 2.43. The lowest BCUT2D eigenvalue weighted by Gasteiger charge is -2.19. The van der Waals surface area contributed by atoms with Crippen LogP contribution in [0.1, 0.15) is 38.2 Å². The Balaban J connectivity index is 1.60. The highest BCUT2D eigenvalue weighted by molar-refractivity contribution is 5.16. The molecule has 0 amide bonds. The smallest absolute Gasteiger partial charge is 0.128 e. The van der Waals surface area contributed by atoms with E-state index in [1.807, 2.05) is 0 Å². The maximum Gasteiger partial charge on any atom is 0.128 e. The normalized spacial score (nSPS) is 17.7. The third-order valence-corrected chi connectivity index (χ3v) is 3.98. The summed E-state index contributed by atoms with van der Waals surface area (Å²) in [4.78, 5) is 0. The van der Waals surface area contributed by atoms with E-state index in [1.54, 1.807) is 18.2 Å². The van der Waals surface area contributed by atoms with Gasteiger partial charge < -0.3 is 15.2 Å². The molecule has 1 aliphatic rings. The van der Waals surface area contributed by atoms with Crippen LogP contribution in [-0.2, 0) is 11.3 Å². The first-order valence-corrected chi connectivity index (χ1v) is 7.91. The molecule has 1 saturated carbocycles. The largest absolute Gasteiger partial charge is 0.389 e. The molecular weight excluding hydrogens is 269 g/mol. The van der Waals surface area contributed by atoms with Gasteiger partial charge in [-0.15, -0.1) is 0 Å². The number of halogens is 1. The SMILES string of the molecule is CCC(CC1CC1)NCC(O)COCc1ccccc1F. The van der Waals surface area contributed by atoms with Gasteiger partial charge in [0.1, 0.15) is 5.82 Å². The van der Waals surface area contributed by atoms with Crippen molar-refractivity contribution in [3.63, 3.8) is 0 Å². The molecule has 2 rings (SSSR count). The van der Waals surface area contributed by atoms with Crippen molar-refractivity contribution in [3.05, 3.63) is 35.6 Å². The summed E-state index contributed by atoms with van der Waals surface area (Å²) in [6, 6.07) is 7.04. The topological polar surface area (TPSA) is 41.5 Å². The van der Waals surface area contributed by atoms with Crippen LogP contribution < -0.4 is 5.32 Å². The average molecular weight is 295 g/mol. The van der Waals surface area contributed by atoms with Crippen LogP contribution in [0, 0.1) is 11.7 Å². The van der Waals surface area contributed by atoms with Crippen LogP contribution >= 0.6 is 0 Å². The van der Waals surface area contributed by atoms with Crippen LogP contribution in [0.15, 0.2) is 24.3 Å². The number of hydrogen-bond acceptors (Lipinski definition) is 3. The minimum atomic E-state index is -0.551. The summed E-state index contributed by atoms with van der Waals surface area (Å²) in [7, 11) is 0. The molecule has 1 aromatic rings. The lowest BCUT2D eigenvalue weighted by atomic mass is 10.1. The number of ether oxygens (including phenoxy) is 1. The molecule has 0 saturated heterocycles. The second-order valence-corrected chi connectivity index (χ2v) is 5.95. The average Bonchev–Trinajstić information content (AvgIpc) is 3.29. The first-order chi connectivity index (χ1) is 10.2. The highest BCUT2D eigenvalue weighted by Gasteiger charge is 2.24. The molecule has 0 heterocycles. The minimum Gasteiger partial charge on any atom is -0.389 e. The fourth-order valence-electron chi connectivity index (χ4n) is 2.43. The van der Waals surface area contributed by atoms with E-state index in [1.165, 1.54) is 25.3 Å². The number of hydrogen-bond donors (Lipinski definition) is 2. The Bertz CT molecular complexity index is 423. The molecule has 2 N–H and O–H groups in total. The van der Waals surface area contributed by atoms with Crippen LogP contribution in [0.2, 0.25) is 0 Å². The van der Waals surface area contributed by atoms with Gasteiger partial charge in [-0.3, -0.25) is 0 Å². The lowest BCUT2D eigenvalue weighted by Crippen LogP contribution is -2.37. The van der Waals surface area contributed by atoms with Gasteiger partial charge in [0, 0.05) is 18.2 Å². The third-order valence-electron chi connectivity index (χ3n) is 3.98. The number of aliphatic hydroxyl groups excluding tert-OH is 1. The molecule has 1 aliphatic carbocycles. The summed E-state index contributed by atoms with van der Waals surface area (Å²) in [6.45, 7) is 3.12. The van der Waals surface area contributed by atoms with E-state index in [9.17, 15) is 9.50 Å². The van der Waals surface area contributed by atoms with Crippen molar-refractivity contribution in [1.29, 1.82) is 0 Å². The summed E-state index contributed by atoms with van der Waals surface area (Å²) in [6.07, 6.45) is 4.45. The van der Waals surface area contributed by atoms with E-state index < -0.39 is 6.10 Å². The van der Waals surface area contributed by atoms with Crippen LogP contribution in [0.5, 0.6) is 0 Å². The van der Waals surface area contributed by atoms with Gasteiger partial charge in [0.25, 0.3) is 0 Å². The van der Waals surface area contributed by atoms with Crippen molar-refractivity contribution in [3.8, 4) is 0 Å². The van der Waals surface area contributed by atoms with E-state index in [0.717, 1.165) is 12.3 Å². The Hall–Kier alpha value is -0.970. The van der Waals surface area contributed by atoms with Gasteiger partial charge in [-0.25, -0.2) is 4.39 Å². The molecule has 0 spiro atoms. The molecule has 2 unspecified atom stereocenters. The second-order valence-electron chi connectivity index (χ2n) is 5.95. The highest BCUT2D eigenvalue weighted by Crippen LogP contribution is 2.33. The number of nitrogens with one attached hydrogen (secondary N) is 1. The van der Waals surface area contributed by atoms with Crippen molar-refractivity contribution in [2.24, 2.45) is 5.92 Å². The lowest BCUT2D eigenvalue weighted by molar-refractivity contribution is 0.0264. The number of rotatable bonds is 10. The molecule has 0 bridgehead atoms. The zero-order chi connectivity index (χ0) is 15.1. The maximum absolute atomic E-state index is 13.4. The Labute approximate surface area is 126 Å². The summed E-state index contributed by atoms with van der Waals surface area (Å²) in [5.41, 5.74) is 0.526. The fraction of sp³-hybridized carbons (Fsp3) is 0.647. The molecule has 0 aromatic heterocycles. The molecule has 0 radical (unpaired) electrons. The van der Waals surface area contributed by atoms with E-state index in [-0.39, 0.29) is 19.0 Å². The predicted octanol–water partition coefficient (Wildman–Crippen LogP) is 2.87. The predicted molar refractivity (Wildman–Crippen MR) is 81.5 cm³/mol. The van der Waals surface area contributed by atoms with Crippen molar-refractivity contribution in [2.45, 2.75) is 51.4 Å². The van der Waals surface area contributed by atoms with Crippen molar-refractivity contribution in [2.75, 3.05) is 13.2 Å².